The molecule has 0 atom stereocenters. The number of amides is 2. The number of nitrogens with zero attached hydrogens (tertiary/aromatic N) is 1. The fourth-order valence-electron chi connectivity index (χ4n) is 2.62. The molecule has 0 radical (unpaired) electrons. The van der Waals surface area contributed by atoms with Gasteiger partial charge in [-0.2, -0.15) is 0 Å². The standard InChI is InChI=1S/C18H18N4O4S2/c1-2-7-28(25,26)15-6-4-3-5-12(15)17(24)22-18-21-14(10-27-18)11-8-13(16(19)23)20-9-11/h3-6,8-10,20H,2,7H2,1H3,(H2,19,23)(H,21,22,24). The Labute approximate surface area is 165 Å². The molecule has 1 aromatic carbocycles. The van der Waals surface area contributed by atoms with Gasteiger partial charge in [0.15, 0.2) is 15.0 Å². The third kappa shape index (κ3) is 4.12. The van der Waals surface area contributed by atoms with Crippen molar-refractivity contribution in [3.05, 3.63) is 53.2 Å². The highest BCUT2D eigenvalue weighted by Gasteiger charge is 2.22. The molecule has 3 rings (SSSR count). The highest BCUT2D eigenvalue weighted by Crippen LogP contribution is 2.26. The highest BCUT2D eigenvalue weighted by molar-refractivity contribution is 7.91. The molecule has 2 aromatic heterocycles. The SMILES string of the molecule is CCCS(=O)(=O)c1ccccc1C(=O)Nc1nc(-c2c[nH]c(C(N)=O)c2)cs1. The summed E-state index contributed by atoms with van der Waals surface area (Å²) in [6, 6.07) is 7.66. The normalized spacial score (nSPS) is 11.3. The van der Waals surface area contributed by atoms with E-state index in [0.717, 1.165) is 0 Å². The number of benzene rings is 1. The molecule has 146 valence electrons. The minimum atomic E-state index is -3.55. The van der Waals surface area contributed by atoms with Crippen molar-refractivity contribution in [2.24, 2.45) is 5.73 Å². The molecule has 0 saturated heterocycles. The van der Waals surface area contributed by atoms with Gasteiger partial charge in [0.25, 0.3) is 11.8 Å². The average Bonchev–Trinajstić information content (AvgIpc) is 3.31. The van der Waals surface area contributed by atoms with Crippen LogP contribution in [0.5, 0.6) is 0 Å². The predicted octanol–water partition coefficient (Wildman–Crippen LogP) is 2.67. The molecular formula is C18H18N4O4S2. The topological polar surface area (TPSA) is 135 Å². The maximum absolute atomic E-state index is 12.6. The Morgan fingerprint density at radius 2 is 2.04 bits per heavy atom. The van der Waals surface area contributed by atoms with Gasteiger partial charge in [0.05, 0.1) is 21.9 Å². The predicted molar refractivity (Wildman–Crippen MR) is 107 cm³/mol. The maximum Gasteiger partial charge on any atom is 0.265 e. The summed E-state index contributed by atoms with van der Waals surface area (Å²) in [6.45, 7) is 1.77. The first-order valence-corrected chi connectivity index (χ1v) is 10.9. The van der Waals surface area contributed by atoms with Crippen LogP contribution in [-0.2, 0) is 9.84 Å². The molecule has 8 nitrogen and oxygen atoms in total. The number of primary amides is 1. The van der Waals surface area contributed by atoms with Crippen molar-refractivity contribution in [2.45, 2.75) is 18.2 Å². The van der Waals surface area contributed by atoms with Crippen LogP contribution < -0.4 is 11.1 Å². The Kier molecular flexibility index (Phi) is 5.61. The number of nitrogens with one attached hydrogen (secondary N) is 2. The van der Waals surface area contributed by atoms with Gasteiger partial charge in [0.1, 0.15) is 5.69 Å². The first-order chi connectivity index (χ1) is 13.3. The molecule has 0 bridgehead atoms. The highest BCUT2D eigenvalue weighted by atomic mass is 32.2. The van der Waals surface area contributed by atoms with Gasteiger partial charge in [0, 0.05) is 17.1 Å². The molecule has 3 aromatic rings. The Morgan fingerprint density at radius 1 is 1.29 bits per heavy atom. The first-order valence-electron chi connectivity index (χ1n) is 8.39. The summed E-state index contributed by atoms with van der Waals surface area (Å²) < 4.78 is 24.8. The lowest BCUT2D eigenvalue weighted by atomic mass is 10.2. The number of thiazole rings is 1. The van der Waals surface area contributed by atoms with Crippen molar-refractivity contribution < 1.29 is 18.0 Å². The molecule has 0 saturated carbocycles. The monoisotopic (exact) mass is 418 g/mol. The third-order valence-corrected chi connectivity index (χ3v) is 6.64. The van der Waals surface area contributed by atoms with Crippen LogP contribution in [0, 0.1) is 0 Å². The zero-order valence-electron chi connectivity index (χ0n) is 14.9. The maximum atomic E-state index is 12.6. The molecular weight excluding hydrogens is 400 g/mol. The number of hydrogen-bond donors (Lipinski definition) is 3. The van der Waals surface area contributed by atoms with Crippen molar-refractivity contribution in [1.29, 1.82) is 0 Å². The third-order valence-electron chi connectivity index (χ3n) is 3.91. The zero-order chi connectivity index (χ0) is 20.3. The van der Waals surface area contributed by atoms with Gasteiger partial charge in [-0.05, 0) is 24.6 Å². The quantitative estimate of drug-likeness (QED) is 0.542. The lowest BCUT2D eigenvalue weighted by molar-refractivity contribution is 0.0993. The van der Waals surface area contributed by atoms with E-state index in [1.54, 1.807) is 36.7 Å². The van der Waals surface area contributed by atoms with Gasteiger partial charge in [-0.1, -0.05) is 19.1 Å². The molecule has 2 amide bonds. The Balaban J connectivity index is 1.83. The van der Waals surface area contributed by atoms with Gasteiger partial charge >= 0.3 is 0 Å². The molecule has 0 spiro atoms. The number of carbonyl (C=O) groups excluding carboxylic acids is 2. The Bertz CT molecular complexity index is 1130. The summed E-state index contributed by atoms with van der Waals surface area (Å²) in [5, 5.41) is 4.66. The Hall–Kier alpha value is -2.98. The number of H-pyrrole nitrogens is 1. The fraction of sp³-hybridized carbons (Fsp3) is 0.167. The van der Waals surface area contributed by atoms with E-state index in [0.29, 0.717) is 22.8 Å². The molecule has 0 aliphatic rings. The lowest BCUT2D eigenvalue weighted by Gasteiger charge is -2.09. The average molecular weight is 419 g/mol. The summed E-state index contributed by atoms with van der Waals surface area (Å²) in [5.41, 5.74) is 6.75. The summed E-state index contributed by atoms with van der Waals surface area (Å²) in [5.74, 6) is -1.17. The van der Waals surface area contributed by atoms with Crippen molar-refractivity contribution in [1.82, 2.24) is 9.97 Å². The second-order valence-corrected chi connectivity index (χ2v) is 8.91. The van der Waals surface area contributed by atoms with Gasteiger partial charge in [-0.3, -0.25) is 14.9 Å². The summed E-state index contributed by atoms with van der Waals surface area (Å²) in [7, 11) is -3.55. The van der Waals surface area contributed by atoms with E-state index in [-0.39, 0.29) is 21.9 Å². The second-order valence-electron chi connectivity index (χ2n) is 5.97. The number of aromatic nitrogens is 2. The number of carbonyl (C=O) groups is 2. The molecule has 28 heavy (non-hydrogen) atoms. The molecule has 0 fully saturated rings. The van der Waals surface area contributed by atoms with Crippen LogP contribution >= 0.6 is 11.3 Å². The van der Waals surface area contributed by atoms with Gasteiger partial charge < -0.3 is 10.7 Å². The van der Waals surface area contributed by atoms with Crippen LogP contribution in [-0.4, -0.2) is 36.0 Å². The number of nitrogens with two attached hydrogens (primary N) is 1. The smallest absolute Gasteiger partial charge is 0.265 e. The van der Waals surface area contributed by atoms with E-state index >= 15 is 0 Å². The number of rotatable bonds is 7. The minimum Gasteiger partial charge on any atom is -0.364 e. The van der Waals surface area contributed by atoms with E-state index in [1.807, 2.05) is 0 Å². The number of sulfone groups is 1. The zero-order valence-corrected chi connectivity index (χ0v) is 16.6. The fourth-order valence-corrected chi connectivity index (χ4v) is 4.87. The van der Waals surface area contributed by atoms with Crippen LogP contribution in [0.4, 0.5) is 5.13 Å². The lowest BCUT2D eigenvalue weighted by Crippen LogP contribution is -2.17. The van der Waals surface area contributed by atoms with Crippen LogP contribution in [0.3, 0.4) is 0 Å². The van der Waals surface area contributed by atoms with Crippen molar-refractivity contribution in [2.75, 3.05) is 11.1 Å². The van der Waals surface area contributed by atoms with Crippen molar-refractivity contribution >= 4 is 38.1 Å². The number of hydrogen-bond acceptors (Lipinski definition) is 6. The molecule has 0 aliphatic carbocycles. The van der Waals surface area contributed by atoms with Crippen LogP contribution in [0.25, 0.3) is 11.3 Å². The molecule has 10 heteroatoms. The number of anilines is 1. The van der Waals surface area contributed by atoms with E-state index in [4.69, 9.17) is 5.73 Å². The van der Waals surface area contributed by atoms with Crippen LogP contribution in [0.2, 0.25) is 0 Å². The number of aromatic amines is 1. The van der Waals surface area contributed by atoms with E-state index in [2.05, 4.69) is 15.3 Å². The van der Waals surface area contributed by atoms with Gasteiger partial charge in [-0.15, -0.1) is 11.3 Å². The Morgan fingerprint density at radius 3 is 2.71 bits per heavy atom. The summed E-state index contributed by atoms with van der Waals surface area (Å²) in [6.07, 6.45) is 2.05. The first kappa shape index (κ1) is 19.8. The molecule has 0 aliphatic heterocycles. The molecule has 4 N–H and O–H groups in total. The minimum absolute atomic E-state index is 0.00265. The molecule has 0 unspecified atom stereocenters. The van der Waals surface area contributed by atoms with E-state index in [9.17, 15) is 18.0 Å². The van der Waals surface area contributed by atoms with Gasteiger partial charge in [-0.25, -0.2) is 13.4 Å². The summed E-state index contributed by atoms with van der Waals surface area (Å²) in [4.78, 5) is 30.9. The van der Waals surface area contributed by atoms with Gasteiger partial charge in [0.2, 0.25) is 0 Å². The van der Waals surface area contributed by atoms with E-state index < -0.39 is 21.7 Å². The van der Waals surface area contributed by atoms with E-state index in [1.165, 1.54) is 23.5 Å². The van der Waals surface area contributed by atoms with Crippen molar-refractivity contribution in [3.8, 4) is 11.3 Å². The molecule has 2 heterocycles. The second kappa shape index (κ2) is 7.95. The summed E-state index contributed by atoms with van der Waals surface area (Å²) >= 11 is 1.19. The van der Waals surface area contributed by atoms with Crippen LogP contribution in [0.15, 0.2) is 46.8 Å². The largest absolute Gasteiger partial charge is 0.364 e. The van der Waals surface area contributed by atoms with Crippen LogP contribution in [0.1, 0.15) is 34.2 Å². The van der Waals surface area contributed by atoms with Crippen molar-refractivity contribution in [3.63, 3.8) is 0 Å².